The minimum absolute atomic E-state index is 0.0463. The number of terminal acetylenes is 1. The van der Waals surface area contributed by atoms with Crippen LogP contribution in [0.15, 0.2) is 0 Å². The van der Waals surface area contributed by atoms with E-state index in [-0.39, 0.29) is 5.41 Å². The monoisotopic (exact) mass is 250 g/mol. The van der Waals surface area contributed by atoms with Crippen LogP contribution in [0.3, 0.4) is 0 Å². The average molecular weight is 250 g/mol. The maximum atomic E-state index is 5.36. The summed E-state index contributed by atoms with van der Waals surface area (Å²) in [4.78, 5) is 0. The number of halogens is 1. The zero-order valence-corrected chi connectivity index (χ0v) is 9.32. The average Bonchev–Trinajstić information content (AvgIpc) is 1.60. The molecule has 0 N–H and O–H groups in total. The molecule has 0 fully saturated rings. The van der Waals surface area contributed by atoms with Gasteiger partial charge in [0, 0.05) is 8.84 Å². The van der Waals surface area contributed by atoms with E-state index in [4.69, 9.17) is 6.42 Å². The molecular formula is C9H15I. The first-order valence-corrected chi connectivity index (χ1v) is 4.51. The van der Waals surface area contributed by atoms with Crippen LogP contribution < -0.4 is 0 Å². The molecule has 0 aromatic rings. The Hall–Kier alpha value is 0.290. The molecule has 0 aromatic heterocycles. The SMILES string of the molecule is C#CC(C)(C)CC(C)(C)I. The fourth-order valence-electron chi connectivity index (χ4n) is 1.10. The molecule has 0 atom stereocenters. The van der Waals surface area contributed by atoms with Crippen molar-refractivity contribution in [1.82, 2.24) is 0 Å². The predicted molar refractivity (Wildman–Crippen MR) is 55.3 cm³/mol. The molecule has 0 rings (SSSR count). The minimum Gasteiger partial charge on any atom is -0.120 e. The van der Waals surface area contributed by atoms with Gasteiger partial charge in [0.15, 0.2) is 0 Å². The fourth-order valence-corrected chi connectivity index (χ4v) is 2.06. The lowest BCUT2D eigenvalue weighted by atomic mass is 9.85. The largest absolute Gasteiger partial charge is 0.120 e. The van der Waals surface area contributed by atoms with E-state index in [1.807, 2.05) is 0 Å². The third-order valence-electron chi connectivity index (χ3n) is 1.25. The summed E-state index contributed by atoms with van der Waals surface area (Å²) in [6, 6.07) is 0. The van der Waals surface area contributed by atoms with Crippen LogP contribution >= 0.6 is 22.6 Å². The van der Waals surface area contributed by atoms with Crippen molar-refractivity contribution >= 4 is 22.6 Å². The summed E-state index contributed by atoms with van der Waals surface area (Å²) in [5, 5.41) is 0. The van der Waals surface area contributed by atoms with Gasteiger partial charge in [-0.1, -0.05) is 36.4 Å². The van der Waals surface area contributed by atoms with Crippen LogP contribution in [0.1, 0.15) is 34.1 Å². The van der Waals surface area contributed by atoms with Crippen molar-refractivity contribution in [3.05, 3.63) is 0 Å². The van der Waals surface area contributed by atoms with Crippen LogP contribution in [-0.2, 0) is 0 Å². The second-order valence-electron chi connectivity index (χ2n) is 3.92. The highest BCUT2D eigenvalue weighted by molar-refractivity contribution is 14.1. The summed E-state index contributed by atoms with van der Waals surface area (Å²) in [5.74, 6) is 2.79. The van der Waals surface area contributed by atoms with E-state index in [9.17, 15) is 0 Å². The molecule has 0 unspecified atom stereocenters. The van der Waals surface area contributed by atoms with Gasteiger partial charge < -0.3 is 0 Å². The molecule has 0 radical (unpaired) electrons. The van der Waals surface area contributed by atoms with E-state index in [1.165, 1.54) is 0 Å². The topological polar surface area (TPSA) is 0 Å². The predicted octanol–water partition coefficient (Wildman–Crippen LogP) is 3.25. The van der Waals surface area contributed by atoms with Crippen LogP contribution in [0.25, 0.3) is 0 Å². The van der Waals surface area contributed by atoms with E-state index in [1.54, 1.807) is 0 Å². The van der Waals surface area contributed by atoms with Crippen molar-refractivity contribution in [2.24, 2.45) is 5.41 Å². The molecular weight excluding hydrogens is 235 g/mol. The Kier molecular flexibility index (Phi) is 3.22. The Morgan fingerprint density at radius 1 is 1.30 bits per heavy atom. The van der Waals surface area contributed by atoms with E-state index in [0.717, 1.165) is 6.42 Å². The lowest BCUT2D eigenvalue weighted by molar-refractivity contribution is 0.417. The van der Waals surface area contributed by atoms with Gasteiger partial charge >= 0.3 is 0 Å². The fraction of sp³-hybridized carbons (Fsp3) is 0.778. The summed E-state index contributed by atoms with van der Waals surface area (Å²) in [7, 11) is 0. The molecule has 0 saturated heterocycles. The maximum absolute atomic E-state index is 5.36. The van der Waals surface area contributed by atoms with Gasteiger partial charge in [-0.3, -0.25) is 0 Å². The van der Waals surface area contributed by atoms with Crippen molar-refractivity contribution in [3.63, 3.8) is 0 Å². The Bertz CT molecular complexity index is 143. The van der Waals surface area contributed by atoms with Crippen LogP contribution in [0, 0.1) is 17.8 Å². The minimum atomic E-state index is 0.0463. The molecule has 0 aliphatic rings. The van der Waals surface area contributed by atoms with E-state index in [0.29, 0.717) is 3.42 Å². The lowest BCUT2D eigenvalue weighted by Crippen LogP contribution is -2.21. The van der Waals surface area contributed by atoms with Crippen LogP contribution in [0.5, 0.6) is 0 Å². The van der Waals surface area contributed by atoms with Crippen molar-refractivity contribution < 1.29 is 0 Å². The quantitative estimate of drug-likeness (QED) is 0.401. The highest BCUT2D eigenvalue weighted by Crippen LogP contribution is 2.32. The Labute approximate surface area is 77.9 Å². The molecule has 0 amide bonds. The molecule has 10 heavy (non-hydrogen) atoms. The smallest absolute Gasteiger partial charge is 0.0268 e. The summed E-state index contributed by atoms with van der Waals surface area (Å²) in [6.07, 6.45) is 6.43. The van der Waals surface area contributed by atoms with Gasteiger partial charge in [-0.25, -0.2) is 0 Å². The molecule has 0 aromatic carbocycles. The summed E-state index contributed by atoms with van der Waals surface area (Å²) < 4.78 is 0.313. The van der Waals surface area contributed by atoms with Gasteiger partial charge in [-0.2, -0.15) is 0 Å². The number of rotatable bonds is 2. The first-order valence-electron chi connectivity index (χ1n) is 3.43. The summed E-state index contributed by atoms with van der Waals surface area (Å²) in [5.41, 5.74) is 0.0463. The Morgan fingerprint density at radius 2 is 1.70 bits per heavy atom. The molecule has 0 saturated carbocycles. The highest BCUT2D eigenvalue weighted by atomic mass is 127. The molecule has 0 spiro atoms. The summed E-state index contributed by atoms with van der Waals surface area (Å²) in [6.45, 7) is 8.61. The van der Waals surface area contributed by atoms with Crippen molar-refractivity contribution in [2.75, 3.05) is 0 Å². The number of alkyl halides is 1. The maximum Gasteiger partial charge on any atom is 0.0268 e. The van der Waals surface area contributed by atoms with Crippen molar-refractivity contribution in [1.29, 1.82) is 0 Å². The second kappa shape index (κ2) is 3.13. The molecule has 0 aliphatic heterocycles. The Balaban J connectivity index is 4.05. The van der Waals surface area contributed by atoms with E-state index < -0.39 is 0 Å². The van der Waals surface area contributed by atoms with Crippen molar-refractivity contribution in [3.8, 4) is 12.3 Å². The van der Waals surface area contributed by atoms with Crippen LogP contribution in [0.4, 0.5) is 0 Å². The third-order valence-corrected chi connectivity index (χ3v) is 1.63. The zero-order valence-electron chi connectivity index (χ0n) is 7.16. The third kappa shape index (κ3) is 5.10. The Morgan fingerprint density at radius 3 is 1.80 bits per heavy atom. The molecule has 0 nitrogen and oxygen atoms in total. The van der Waals surface area contributed by atoms with Crippen LogP contribution in [0.2, 0.25) is 0 Å². The van der Waals surface area contributed by atoms with E-state index >= 15 is 0 Å². The molecule has 1 heteroatoms. The van der Waals surface area contributed by atoms with Gasteiger partial charge in [0.25, 0.3) is 0 Å². The molecule has 0 heterocycles. The molecule has 0 bridgehead atoms. The van der Waals surface area contributed by atoms with Gasteiger partial charge in [-0.05, 0) is 20.3 Å². The molecule has 58 valence electrons. The number of hydrogen-bond donors (Lipinski definition) is 0. The first kappa shape index (κ1) is 10.3. The lowest BCUT2D eigenvalue weighted by Gasteiger charge is -2.26. The standard InChI is InChI=1S/C9H15I/c1-6-8(2,3)7-9(4,5)10/h1H,7H2,2-5H3. The first-order chi connectivity index (χ1) is 4.27. The van der Waals surface area contributed by atoms with Crippen molar-refractivity contribution in [2.45, 2.75) is 37.5 Å². The second-order valence-corrected chi connectivity index (χ2v) is 6.84. The highest BCUT2D eigenvalue weighted by Gasteiger charge is 2.24. The van der Waals surface area contributed by atoms with E-state index in [2.05, 4.69) is 56.2 Å². The van der Waals surface area contributed by atoms with Gasteiger partial charge in [0.05, 0.1) is 0 Å². The summed E-state index contributed by atoms with van der Waals surface area (Å²) >= 11 is 2.43. The normalized spacial score (nSPS) is 12.8. The van der Waals surface area contributed by atoms with Gasteiger partial charge in [0.1, 0.15) is 0 Å². The number of hydrogen-bond acceptors (Lipinski definition) is 0. The molecule has 0 aliphatic carbocycles. The van der Waals surface area contributed by atoms with Gasteiger partial charge in [0.2, 0.25) is 0 Å². The van der Waals surface area contributed by atoms with Crippen LogP contribution in [-0.4, -0.2) is 3.42 Å². The zero-order chi connectivity index (χ0) is 8.41. The van der Waals surface area contributed by atoms with Gasteiger partial charge in [-0.15, -0.1) is 12.3 Å².